The van der Waals surface area contributed by atoms with Gasteiger partial charge in [0.2, 0.25) is 10.0 Å². The number of likely N-dealkylation sites (tertiary alicyclic amines) is 1. The Morgan fingerprint density at radius 3 is 2.32 bits per heavy atom. The summed E-state index contributed by atoms with van der Waals surface area (Å²) >= 11 is 0. The van der Waals surface area contributed by atoms with Gasteiger partial charge in [0.25, 0.3) is 0 Å². The summed E-state index contributed by atoms with van der Waals surface area (Å²) in [5, 5.41) is 3.85. The maximum absolute atomic E-state index is 13.2. The topological polar surface area (TPSA) is 66.7 Å². The smallest absolute Gasteiger partial charge is 0.248 e. The molecule has 3 heterocycles. The second kappa shape index (κ2) is 8.01. The molecule has 0 amide bonds. The highest BCUT2D eigenvalue weighted by Gasteiger charge is 2.55. The van der Waals surface area contributed by atoms with E-state index in [1.54, 1.807) is 18.2 Å². The van der Waals surface area contributed by atoms with Gasteiger partial charge in [-0.15, -0.1) is 0 Å². The van der Waals surface area contributed by atoms with Crippen molar-refractivity contribution in [1.29, 1.82) is 0 Å². The van der Waals surface area contributed by atoms with E-state index in [-0.39, 0.29) is 4.90 Å². The molecule has 5 rings (SSSR count). The summed E-state index contributed by atoms with van der Waals surface area (Å²) in [6.45, 7) is 5.65. The Hall–Kier alpha value is -1.70. The van der Waals surface area contributed by atoms with Crippen molar-refractivity contribution in [1.82, 2.24) is 14.4 Å². The van der Waals surface area contributed by atoms with E-state index in [0.29, 0.717) is 42.0 Å². The van der Waals surface area contributed by atoms with Gasteiger partial charge < -0.3 is 4.52 Å². The molecule has 0 bridgehead atoms. The SMILES string of the molecule is Cc1noc(C)c1S(=O)(=O)N1CCC(N2CC3(CCCCC3)C2c2ccccc2)CC1. The maximum Gasteiger partial charge on any atom is 0.248 e. The second-order valence-corrected chi connectivity index (χ2v) is 11.6. The molecule has 0 N–H and O–H groups in total. The number of aromatic nitrogens is 1. The molecule has 7 heteroatoms. The van der Waals surface area contributed by atoms with Gasteiger partial charge in [0.15, 0.2) is 5.76 Å². The van der Waals surface area contributed by atoms with E-state index in [1.807, 2.05) is 0 Å². The fourth-order valence-corrected chi connectivity index (χ4v) is 8.14. The van der Waals surface area contributed by atoms with Crippen molar-refractivity contribution in [3.8, 4) is 0 Å². The molecule has 1 saturated carbocycles. The second-order valence-electron chi connectivity index (χ2n) is 9.70. The van der Waals surface area contributed by atoms with E-state index in [1.165, 1.54) is 37.7 Å². The number of hydrogen-bond donors (Lipinski definition) is 0. The van der Waals surface area contributed by atoms with Gasteiger partial charge in [0, 0.05) is 37.1 Å². The summed E-state index contributed by atoms with van der Waals surface area (Å²) < 4.78 is 33.1. The van der Waals surface area contributed by atoms with Crippen LogP contribution in [0.1, 0.15) is 68.0 Å². The fraction of sp³-hybridized carbons (Fsp3) is 0.625. The Morgan fingerprint density at radius 2 is 1.71 bits per heavy atom. The van der Waals surface area contributed by atoms with E-state index in [9.17, 15) is 8.42 Å². The van der Waals surface area contributed by atoms with Crippen LogP contribution in [-0.4, -0.2) is 48.5 Å². The van der Waals surface area contributed by atoms with Crippen LogP contribution in [0, 0.1) is 19.3 Å². The average Bonchev–Trinajstić information content (AvgIpc) is 3.12. The first kappa shape index (κ1) is 21.2. The maximum atomic E-state index is 13.2. The molecule has 2 aromatic rings. The Labute approximate surface area is 185 Å². The van der Waals surface area contributed by atoms with Crippen LogP contribution in [0.15, 0.2) is 39.8 Å². The van der Waals surface area contributed by atoms with E-state index in [4.69, 9.17) is 4.52 Å². The highest BCUT2D eigenvalue weighted by molar-refractivity contribution is 7.89. The number of piperidine rings is 1. The lowest BCUT2D eigenvalue weighted by Crippen LogP contribution is -2.63. The number of nitrogens with zero attached hydrogens (tertiary/aromatic N) is 3. The third-order valence-corrected chi connectivity index (χ3v) is 9.98. The lowest BCUT2D eigenvalue weighted by molar-refractivity contribution is -0.131. The predicted octanol–water partition coefficient (Wildman–Crippen LogP) is 4.45. The Bertz CT molecular complexity index is 1000. The third kappa shape index (κ3) is 3.55. The highest BCUT2D eigenvalue weighted by atomic mass is 32.2. The van der Waals surface area contributed by atoms with Crippen LogP contribution in [0.3, 0.4) is 0 Å². The van der Waals surface area contributed by atoms with Crippen molar-refractivity contribution in [3.05, 3.63) is 47.3 Å². The van der Waals surface area contributed by atoms with Gasteiger partial charge in [0.1, 0.15) is 10.6 Å². The zero-order chi connectivity index (χ0) is 21.6. The molecule has 1 aromatic carbocycles. The van der Waals surface area contributed by atoms with Crippen molar-refractivity contribution in [2.45, 2.75) is 75.8 Å². The van der Waals surface area contributed by atoms with Crippen molar-refractivity contribution in [3.63, 3.8) is 0 Å². The first-order valence-electron chi connectivity index (χ1n) is 11.7. The van der Waals surface area contributed by atoms with Gasteiger partial charge in [-0.1, -0.05) is 54.8 Å². The molecule has 3 fully saturated rings. The van der Waals surface area contributed by atoms with E-state index in [2.05, 4.69) is 40.4 Å². The van der Waals surface area contributed by atoms with Crippen LogP contribution in [-0.2, 0) is 10.0 Å². The average molecular weight is 444 g/mol. The standard InChI is InChI=1S/C24H33N3O3S/c1-18-22(19(2)30-25-18)31(28,29)26-15-11-21(12-16-26)27-17-24(13-7-4-8-14-24)23(27)20-9-5-3-6-10-20/h3,5-6,9-10,21,23H,4,7-8,11-17H2,1-2H3. The monoisotopic (exact) mass is 443 g/mol. The summed E-state index contributed by atoms with van der Waals surface area (Å²) in [5.41, 5.74) is 2.30. The lowest BCUT2D eigenvalue weighted by Gasteiger charge is -2.63. The van der Waals surface area contributed by atoms with Crippen LogP contribution in [0.5, 0.6) is 0 Å². The summed E-state index contributed by atoms with van der Waals surface area (Å²) in [6.07, 6.45) is 8.44. The van der Waals surface area contributed by atoms with E-state index in [0.717, 1.165) is 19.4 Å². The van der Waals surface area contributed by atoms with Crippen LogP contribution in [0.2, 0.25) is 0 Å². The van der Waals surface area contributed by atoms with E-state index < -0.39 is 10.0 Å². The molecule has 31 heavy (non-hydrogen) atoms. The molecule has 1 aromatic heterocycles. The molecule has 1 aliphatic carbocycles. The minimum atomic E-state index is -3.55. The van der Waals surface area contributed by atoms with Gasteiger partial charge in [0.05, 0.1) is 0 Å². The minimum absolute atomic E-state index is 0.248. The molecular weight excluding hydrogens is 410 g/mol. The highest BCUT2D eigenvalue weighted by Crippen LogP contribution is 2.58. The Morgan fingerprint density at radius 1 is 1.03 bits per heavy atom. The summed E-state index contributed by atoms with van der Waals surface area (Å²) in [5.74, 6) is 0.380. The molecule has 2 aliphatic heterocycles. The zero-order valence-corrected chi connectivity index (χ0v) is 19.4. The summed E-state index contributed by atoms with van der Waals surface area (Å²) in [4.78, 5) is 2.93. The number of hydrogen-bond acceptors (Lipinski definition) is 5. The van der Waals surface area contributed by atoms with Crippen molar-refractivity contribution < 1.29 is 12.9 Å². The van der Waals surface area contributed by atoms with Crippen LogP contribution in [0.25, 0.3) is 0 Å². The Balaban J connectivity index is 1.32. The molecule has 2 saturated heterocycles. The van der Waals surface area contributed by atoms with Crippen molar-refractivity contribution in [2.75, 3.05) is 19.6 Å². The summed E-state index contributed by atoms with van der Waals surface area (Å²) in [7, 11) is -3.55. The number of sulfonamides is 1. The molecule has 0 radical (unpaired) electrons. The van der Waals surface area contributed by atoms with E-state index >= 15 is 0 Å². The quantitative estimate of drug-likeness (QED) is 0.698. The van der Waals surface area contributed by atoms with Crippen molar-refractivity contribution >= 4 is 10.0 Å². The van der Waals surface area contributed by atoms with Gasteiger partial charge in [-0.3, -0.25) is 4.90 Å². The minimum Gasteiger partial charge on any atom is -0.360 e. The zero-order valence-electron chi connectivity index (χ0n) is 18.6. The Kier molecular flexibility index (Phi) is 5.47. The van der Waals surface area contributed by atoms with Gasteiger partial charge >= 0.3 is 0 Å². The van der Waals surface area contributed by atoms with Gasteiger partial charge in [-0.05, 0) is 45.1 Å². The number of benzene rings is 1. The van der Waals surface area contributed by atoms with Crippen LogP contribution >= 0.6 is 0 Å². The molecule has 168 valence electrons. The van der Waals surface area contributed by atoms with Crippen LogP contribution in [0.4, 0.5) is 0 Å². The molecule has 1 unspecified atom stereocenters. The van der Waals surface area contributed by atoms with Gasteiger partial charge in [-0.2, -0.15) is 4.31 Å². The largest absolute Gasteiger partial charge is 0.360 e. The van der Waals surface area contributed by atoms with Crippen molar-refractivity contribution in [2.24, 2.45) is 5.41 Å². The first-order chi connectivity index (χ1) is 14.9. The molecule has 6 nitrogen and oxygen atoms in total. The number of aryl methyl sites for hydroxylation is 2. The first-order valence-corrected chi connectivity index (χ1v) is 13.1. The molecule has 1 spiro atoms. The molecular formula is C24H33N3O3S. The summed E-state index contributed by atoms with van der Waals surface area (Å²) in [6, 6.07) is 11.9. The number of rotatable bonds is 4. The third-order valence-electron chi connectivity index (χ3n) is 7.83. The predicted molar refractivity (Wildman–Crippen MR) is 119 cm³/mol. The van der Waals surface area contributed by atoms with Crippen LogP contribution < -0.4 is 0 Å². The normalized spacial score (nSPS) is 25.5. The molecule has 3 aliphatic rings. The van der Waals surface area contributed by atoms with Gasteiger partial charge in [-0.25, -0.2) is 8.42 Å². The molecule has 1 atom stereocenters. The fourth-order valence-electron chi connectivity index (χ4n) is 6.37. The lowest BCUT2D eigenvalue weighted by atomic mass is 9.60.